The molecular formula is C18H21F3N4O. The van der Waals surface area contributed by atoms with Crippen LogP contribution in [-0.4, -0.2) is 26.7 Å². The van der Waals surface area contributed by atoms with Gasteiger partial charge in [0.1, 0.15) is 0 Å². The van der Waals surface area contributed by atoms with Crippen LogP contribution in [0.15, 0.2) is 18.3 Å². The first-order valence-electron chi connectivity index (χ1n) is 8.67. The second-order valence-electron chi connectivity index (χ2n) is 6.80. The number of pyridine rings is 1. The molecule has 1 N–H and O–H groups in total. The van der Waals surface area contributed by atoms with E-state index in [0.29, 0.717) is 35.4 Å². The number of halogens is 3. The van der Waals surface area contributed by atoms with E-state index in [1.807, 2.05) is 13.8 Å². The van der Waals surface area contributed by atoms with Crippen molar-refractivity contribution in [1.82, 2.24) is 20.1 Å². The molecule has 1 amide bonds. The third-order valence-corrected chi connectivity index (χ3v) is 4.34. The van der Waals surface area contributed by atoms with Gasteiger partial charge in [0.05, 0.1) is 12.2 Å². The number of rotatable bonds is 4. The Kier molecular flexibility index (Phi) is 5.02. The Morgan fingerprint density at radius 3 is 2.73 bits per heavy atom. The van der Waals surface area contributed by atoms with Crippen LogP contribution < -0.4 is 5.32 Å². The van der Waals surface area contributed by atoms with Crippen LogP contribution in [0, 0.1) is 0 Å². The summed E-state index contributed by atoms with van der Waals surface area (Å²) in [6, 6.07) is 3.18. The zero-order valence-electron chi connectivity index (χ0n) is 14.7. The topological polar surface area (TPSA) is 59.8 Å². The maximum atomic E-state index is 13.3. The van der Waals surface area contributed by atoms with Crippen molar-refractivity contribution in [3.05, 3.63) is 46.5 Å². The molecule has 0 aliphatic heterocycles. The lowest BCUT2D eigenvalue weighted by Crippen LogP contribution is -2.30. The molecule has 0 bridgehead atoms. The standard InChI is InChI=1S/C18H21F3N4O/c1-11(2)23-17(26)12-7-8-22-13(9-12)10-25-15-6-4-3-5-14(15)16(24-25)18(19,20)21/h7-9,11H,3-6,10H2,1-2H3,(H,23,26). The van der Waals surface area contributed by atoms with Gasteiger partial charge in [-0.2, -0.15) is 18.3 Å². The molecule has 0 unspecified atom stereocenters. The average molecular weight is 366 g/mol. The summed E-state index contributed by atoms with van der Waals surface area (Å²) in [5, 5.41) is 6.62. The highest BCUT2D eigenvalue weighted by Crippen LogP contribution is 2.35. The van der Waals surface area contributed by atoms with Gasteiger partial charge in [0.2, 0.25) is 0 Å². The van der Waals surface area contributed by atoms with Gasteiger partial charge in [0, 0.05) is 29.1 Å². The molecule has 3 rings (SSSR count). The van der Waals surface area contributed by atoms with Crippen molar-refractivity contribution in [2.75, 3.05) is 0 Å². The predicted molar refractivity (Wildman–Crippen MR) is 89.8 cm³/mol. The average Bonchev–Trinajstić information content (AvgIpc) is 2.94. The molecule has 1 aliphatic rings. The van der Waals surface area contributed by atoms with Crippen molar-refractivity contribution >= 4 is 5.91 Å². The number of hydrogen-bond acceptors (Lipinski definition) is 3. The van der Waals surface area contributed by atoms with Gasteiger partial charge in [-0.15, -0.1) is 0 Å². The Bertz CT molecular complexity index is 811. The summed E-state index contributed by atoms with van der Waals surface area (Å²) >= 11 is 0. The third kappa shape index (κ3) is 3.89. The van der Waals surface area contributed by atoms with Crippen LogP contribution in [0.3, 0.4) is 0 Å². The molecule has 26 heavy (non-hydrogen) atoms. The molecule has 2 aromatic rings. The van der Waals surface area contributed by atoms with Gasteiger partial charge < -0.3 is 5.32 Å². The molecule has 0 radical (unpaired) electrons. The fourth-order valence-corrected chi connectivity index (χ4v) is 3.23. The van der Waals surface area contributed by atoms with Gasteiger partial charge in [-0.3, -0.25) is 14.5 Å². The Balaban J connectivity index is 1.90. The Morgan fingerprint density at radius 1 is 1.31 bits per heavy atom. The minimum atomic E-state index is -4.46. The van der Waals surface area contributed by atoms with Crippen LogP contribution >= 0.6 is 0 Å². The van der Waals surface area contributed by atoms with Crippen LogP contribution in [-0.2, 0) is 25.6 Å². The van der Waals surface area contributed by atoms with Crippen molar-refractivity contribution in [3.8, 4) is 0 Å². The molecule has 5 nitrogen and oxygen atoms in total. The second-order valence-corrected chi connectivity index (χ2v) is 6.80. The molecule has 0 atom stereocenters. The highest BCUT2D eigenvalue weighted by molar-refractivity contribution is 5.94. The zero-order chi connectivity index (χ0) is 18.9. The normalized spacial score (nSPS) is 14.4. The molecular weight excluding hydrogens is 345 g/mol. The number of hydrogen-bond donors (Lipinski definition) is 1. The minimum absolute atomic E-state index is 0.00778. The predicted octanol–water partition coefficient (Wildman–Crippen LogP) is 3.36. The maximum absolute atomic E-state index is 13.3. The van der Waals surface area contributed by atoms with Crippen LogP contribution in [0.4, 0.5) is 13.2 Å². The van der Waals surface area contributed by atoms with Crippen molar-refractivity contribution in [2.45, 2.75) is 58.3 Å². The van der Waals surface area contributed by atoms with Crippen molar-refractivity contribution < 1.29 is 18.0 Å². The first-order chi connectivity index (χ1) is 12.3. The van der Waals surface area contributed by atoms with E-state index in [1.54, 1.807) is 12.1 Å². The Labute approximate surface area is 149 Å². The number of fused-ring (bicyclic) bond motifs is 1. The number of aromatic nitrogens is 3. The summed E-state index contributed by atoms with van der Waals surface area (Å²) in [6.45, 7) is 3.82. The second kappa shape index (κ2) is 7.09. The van der Waals surface area contributed by atoms with E-state index in [9.17, 15) is 18.0 Å². The molecule has 2 heterocycles. The van der Waals surface area contributed by atoms with Gasteiger partial charge in [-0.25, -0.2) is 0 Å². The summed E-state index contributed by atoms with van der Waals surface area (Å²) in [4.78, 5) is 16.3. The van der Waals surface area contributed by atoms with E-state index in [0.717, 1.165) is 12.8 Å². The third-order valence-electron chi connectivity index (χ3n) is 4.34. The summed E-state index contributed by atoms with van der Waals surface area (Å²) < 4.78 is 41.2. The summed E-state index contributed by atoms with van der Waals surface area (Å²) in [5.41, 5.74) is 1.08. The van der Waals surface area contributed by atoms with Crippen molar-refractivity contribution in [3.63, 3.8) is 0 Å². The van der Waals surface area contributed by atoms with Crippen molar-refractivity contribution in [1.29, 1.82) is 0 Å². The summed E-state index contributed by atoms with van der Waals surface area (Å²) in [6.07, 6.45) is -0.407. The molecule has 1 aliphatic carbocycles. The lowest BCUT2D eigenvalue weighted by molar-refractivity contribution is -0.142. The van der Waals surface area contributed by atoms with E-state index < -0.39 is 11.9 Å². The van der Waals surface area contributed by atoms with E-state index in [-0.39, 0.29) is 18.5 Å². The molecule has 2 aromatic heterocycles. The molecule has 0 spiro atoms. The van der Waals surface area contributed by atoms with Crippen LogP contribution in [0.5, 0.6) is 0 Å². The first-order valence-corrected chi connectivity index (χ1v) is 8.67. The van der Waals surface area contributed by atoms with Gasteiger partial charge >= 0.3 is 6.18 Å². The van der Waals surface area contributed by atoms with Crippen LogP contribution in [0.2, 0.25) is 0 Å². The van der Waals surface area contributed by atoms with Gasteiger partial charge in [-0.1, -0.05) is 0 Å². The van der Waals surface area contributed by atoms with E-state index >= 15 is 0 Å². The van der Waals surface area contributed by atoms with Gasteiger partial charge in [-0.05, 0) is 51.7 Å². The number of carbonyl (C=O) groups is 1. The lowest BCUT2D eigenvalue weighted by atomic mass is 9.95. The van der Waals surface area contributed by atoms with Gasteiger partial charge in [0.25, 0.3) is 5.91 Å². The number of nitrogens with zero attached hydrogens (tertiary/aromatic N) is 3. The molecule has 0 fully saturated rings. The van der Waals surface area contributed by atoms with Crippen LogP contribution in [0.1, 0.15) is 59.7 Å². The molecule has 140 valence electrons. The smallest absolute Gasteiger partial charge is 0.350 e. The summed E-state index contributed by atoms with van der Waals surface area (Å²) in [5.74, 6) is -0.234. The fourth-order valence-electron chi connectivity index (χ4n) is 3.23. The Hall–Kier alpha value is -2.38. The van der Waals surface area contributed by atoms with Gasteiger partial charge in [0.15, 0.2) is 5.69 Å². The molecule has 0 aromatic carbocycles. The number of alkyl halides is 3. The summed E-state index contributed by atoms with van der Waals surface area (Å²) in [7, 11) is 0. The van der Waals surface area contributed by atoms with E-state index in [4.69, 9.17) is 0 Å². The molecule has 0 saturated carbocycles. The Morgan fingerprint density at radius 2 is 2.04 bits per heavy atom. The van der Waals surface area contributed by atoms with E-state index in [2.05, 4.69) is 15.4 Å². The lowest BCUT2D eigenvalue weighted by Gasteiger charge is -2.15. The first kappa shape index (κ1) is 18.4. The van der Waals surface area contributed by atoms with E-state index in [1.165, 1.54) is 10.9 Å². The fraction of sp³-hybridized carbons (Fsp3) is 0.500. The molecule has 0 saturated heterocycles. The number of amides is 1. The maximum Gasteiger partial charge on any atom is 0.435 e. The highest BCUT2D eigenvalue weighted by Gasteiger charge is 2.39. The SMILES string of the molecule is CC(C)NC(=O)c1ccnc(Cn2nc(C(F)(F)F)c3c2CCCC3)c1. The zero-order valence-corrected chi connectivity index (χ0v) is 14.7. The van der Waals surface area contributed by atoms with Crippen molar-refractivity contribution in [2.24, 2.45) is 0 Å². The highest BCUT2D eigenvalue weighted by atomic mass is 19.4. The largest absolute Gasteiger partial charge is 0.435 e. The van der Waals surface area contributed by atoms with Crippen LogP contribution in [0.25, 0.3) is 0 Å². The number of nitrogens with one attached hydrogen (secondary N) is 1. The number of carbonyl (C=O) groups excluding carboxylic acids is 1. The monoisotopic (exact) mass is 366 g/mol. The quantitative estimate of drug-likeness (QED) is 0.903. The molecule has 8 heteroatoms. The minimum Gasteiger partial charge on any atom is -0.350 e.